The molecular weight excluding hydrogens is 252 g/mol. The van der Waals surface area contributed by atoms with E-state index in [-0.39, 0.29) is 11.7 Å². The SMILES string of the molecule is CCNCC1CCN(C(=O)Cc2cccc(O)c2)CC1. The Hall–Kier alpha value is -1.55. The molecule has 1 aliphatic rings. The third-order valence-corrected chi connectivity index (χ3v) is 3.92. The van der Waals surface area contributed by atoms with E-state index in [2.05, 4.69) is 12.2 Å². The molecule has 1 fully saturated rings. The second-order valence-electron chi connectivity index (χ2n) is 5.48. The molecule has 110 valence electrons. The molecule has 1 heterocycles. The zero-order valence-electron chi connectivity index (χ0n) is 12.1. The van der Waals surface area contributed by atoms with E-state index in [4.69, 9.17) is 0 Å². The topological polar surface area (TPSA) is 52.6 Å². The number of nitrogens with one attached hydrogen (secondary N) is 1. The molecule has 20 heavy (non-hydrogen) atoms. The summed E-state index contributed by atoms with van der Waals surface area (Å²) in [4.78, 5) is 14.2. The van der Waals surface area contributed by atoms with Crippen molar-refractivity contribution < 1.29 is 9.90 Å². The monoisotopic (exact) mass is 276 g/mol. The molecular formula is C16H24N2O2. The van der Waals surface area contributed by atoms with E-state index < -0.39 is 0 Å². The van der Waals surface area contributed by atoms with Crippen molar-refractivity contribution in [1.29, 1.82) is 0 Å². The molecule has 4 heteroatoms. The lowest BCUT2D eigenvalue weighted by Gasteiger charge is -2.32. The molecule has 1 aromatic rings. The maximum absolute atomic E-state index is 12.2. The van der Waals surface area contributed by atoms with Crippen LogP contribution in [0.15, 0.2) is 24.3 Å². The van der Waals surface area contributed by atoms with Crippen molar-refractivity contribution in [3.63, 3.8) is 0 Å². The fourth-order valence-electron chi connectivity index (χ4n) is 2.69. The minimum absolute atomic E-state index is 0.164. The fraction of sp³-hybridized carbons (Fsp3) is 0.562. The van der Waals surface area contributed by atoms with Gasteiger partial charge in [0.2, 0.25) is 5.91 Å². The molecule has 0 aromatic heterocycles. The highest BCUT2D eigenvalue weighted by Crippen LogP contribution is 2.18. The number of rotatable bonds is 5. The summed E-state index contributed by atoms with van der Waals surface area (Å²) in [6, 6.07) is 6.95. The Morgan fingerprint density at radius 3 is 2.80 bits per heavy atom. The molecule has 2 N–H and O–H groups in total. The fourth-order valence-corrected chi connectivity index (χ4v) is 2.69. The van der Waals surface area contributed by atoms with Gasteiger partial charge in [0, 0.05) is 13.1 Å². The van der Waals surface area contributed by atoms with Crippen LogP contribution in [0.25, 0.3) is 0 Å². The summed E-state index contributed by atoms with van der Waals surface area (Å²) in [6.07, 6.45) is 2.55. The van der Waals surface area contributed by atoms with Gasteiger partial charge < -0.3 is 15.3 Å². The summed E-state index contributed by atoms with van der Waals surface area (Å²) >= 11 is 0. The molecule has 1 saturated heterocycles. The normalized spacial score (nSPS) is 16.4. The van der Waals surface area contributed by atoms with E-state index >= 15 is 0 Å². The Morgan fingerprint density at radius 1 is 1.40 bits per heavy atom. The van der Waals surface area contributed by atoms with Gasteiger partial charge >= 0.3 is 0 Å². The number of carbonyl (C=O) groups is 1. The minimum Gasteiger partial charge on any atom is -0.508 e. The average molecular weight is 276 g/mol. The van der Waals surface area contributed by atoms with E-state index in [0.29, 0.717) is 12.3 Å². The Labute approximate surface area is 120 Å². The average Bonchev–Trinajstić information content (AvgIpc) is 2.45. The van der Waals surface area contributed by atoms with Gasteiger partial charge in [-0.3, -0.25) is 4.79 Å². The summed E-state index contributed by atoms with van der Waals surface area (Å²) in [5, 5.41) is 12.8. The highest BCUT2D eigenvalue weighted by molar-refractivity contribution is 5.79. The zero-order chi connectivity index (χ0) is 14.4. The first-order chi connectivity index (χ1) is 9.69. The van der Waals surface area contributed by atoms with E-state index in [1.807, 2.05) is 11.0 Å². The van der Waals surface area contributed by atoms with Crippen LogP contribution in [-0.2, 0) is 11.2 Å². The first-order valence-electron chi connectivity index (χ1n) is 7.45. The molecule has 1 aliphatic heterocycles. The van der Waals surface area contributed by atoms with Gasteiger partial charge in [0.05, 0.1) is 6.42 Å². The van der Waals surface area contributed by atoms with Crippen LogP contribution in [-0.4, -0.2) is 42.1 Å². The molecule has 2 rings (SSSR count). The van der Waals surface area contributed by atoms with Gasteiger partial charge in [-0.2, -0.15) is 0 Å². The highest BCUT2D eigenvalue weighted by Gasteiger charge is 2.22. The molecule has 0 spiro atoms. The Morgan fingerprint density at radius 2 is 2.15 bits per heavy atom. The number of phenolic OH excluding ortho intramolecular Hbond substituents is 1. The lowest BCUT2D eigenvalue weighted by Crippen LogP contribution is -2.41. The van der Waals surface area contributed by atoms with Crippen LogP contribution in [0.1, 0.15) is 25.3 Å². The molecule has 0 bridgehead atoms. The van der Waals surface area contributed by atoms with E-state index in [1.165, 1.54) is 0 Å². The van der Waals surface area contributed by atoms with Crippen molar-refractivity contribution in [3.8, 4) is 5.75 Å². The summed E-state index contributed by atoms with van der Waals surface area (Å²) in [6.45, 7) is 5.90. The minimum atomic E-state index is 0.164. The van der Waals surface area contributed by atoms with Crippen molar-refractivity contribution in [2.45, 2.75) is 26.2 Å². The van der Waals surface area contributed by atoms with E-state index in [0.717, 1.165) is 44.6 Å². The molecule has 0 radical (unpaired) electrons. The third-order valence-electron chi connectivity index (χ3n) is 3.92. The number of carbonyl (C=O) groups excluding carboxylic acids is 1. The van der Waals surface area contributed by atoms with Gasteiger partial charge in [-0.05, 0) is 49.5 Å². The van der Waals surface area contributed by atoms with Crippen molar-refractivity contribution in [2.75, 3.05) is 26.2 Å². The molecule has 1 aromatic carbocycles. The Balaban J connectivity index is 1.80. The zero-order valence-corrected chi connectivity index (χ0v) is 12.1. The van der Waals surface area contributed by atoms with Crippen LogP contribution in [0.2, 0.25) is 0 Å². The summed E-state index contributed by atoms with van der Waals surface area (Å²) in [7, 11) is 0. The number of amides is 1. The number of aromatic hydroxyl groups is 1. The van der Waals surface area contributed by atoms with Gasteiger partial charge in [0.25, 0.3) is 0 Å². The Bertz CT molecular complexity index is 440. The summed E-state index contributed by atoms with van der Waals surface area (Å²) < 4.78 is 0. The highest BCUT2D eigenvalue weighted by atomic mass is 16.3. The number of piperidine rings is 1. The van der Waals surface area contributed by atoms with Gasteiger partial charge in [-0.25, -0.2) is 0 Å². The molecule has 0 saturated carbocycles. The lowest BCUT2D eigenvalue weighted by atomic mass is 9.96. The number of nitrogens with zero attached hydrogens (tertiary/aromatic N) is 1. The number of likely N-dealkylation sites (tertiary alicyclic amines) is 1. The molecule has 4 nitrogen and oxygen atoms in total. The van der Waals surface area contributed by atoms with Crippen LogP contribution in [0, 0.1) is 5.92 Å². The standard InChI is InChI=1S/C16H24N2O2/c1-2-17-12-13-6-8-18(9-7-13)16(20)11-14-4-3-5-15(19)10-14/h3-5,10,13,17,19H,2,6-9,11-12H2,1H3. The lowest BCUT2D eigenvalue weighted by molar-refractivity contribution is -0.131. The third kappa shape index (κ3) is 4.23. The smallest absolute Gasteiger partial charge is 0.226 e. The first-order valence-corrected chi connectivity index (χ1v) is 7.45. The van der Waals surface area contributed by atoms with Gasteiger partial charge in [-0.1, -0.05) is 19.1 Å². The molecule has 0 atom stereocenters. The van der Waals surface area contributed by atoms with E-state index in [1.54, 1.807) is 18.2 Å². The first kappa shape index (κ1) is 14.9. The largest absolute Gasteiger partial charge is 0.508 e. The molecule has 1 amide bonds. The predicted octanol–water partition coefficient (Wildman–Crippen LogP) is 1.78. The van der Waals surface area contributed by atoms with Crippen LogP contribution >= 0.6 is 0 Å². The van der Waals surface area contributed by atoms with Gasteiger partial charge in [0.1, 0.15) is 5.75 Å². The van der Waals surface area contributed by atoms with Crippen molar-refractivity contribution >= 4 is 5.91 Å². The second kappa shape index (κ2) is 7.29. The Kier molecular flexibility index (Phi) is 5.41. The van der Waals surface area contributed by atoms with Gasteiger partial charge in [-0.15, -0.1) is 0 Å². The van der Waals surface area contributed by atoms with E-state index in [9.17, 15) is 9.90 Å². The van der Waals surface area contributed by atoms with Crippen LogP contribution in [0.5, 0.6) is 5.75 Å². The second-order valence-corrected chi connectivity index (χ2v) is 5.48. The number of benzene rings is 1. The van der Waals surface area contributed by atoms with Crippen LogP contribution < -0.4 is 5.32 Å². The number of hydrogen-bond donors (Lipinski definition) is 2. The quantitative estimate of drug-likeness (QED) is 0.862. The van der Waals surface area contributed by atoms with Crippen molar-refractivity contribution in [3.05, 3.63) is 29.8 Å². The number of hydrogen-bond acceptors (Lipinski definition) is 3. The van der Waals surface area contributed by atoms with Crippen molar-refractivity contribution in [1.82, 2.24) is 10.2 Å². The maximum Gasteiger partial charge on any atom is 0.226 e. The molecule has 0 aliphatic carbocycles. The van der Waals surface area contributed by atoms with Crippen LogP contribution in [0.4, 0.5) is 0 Å². The van der Waals surface area contributed by atoms with Crippen LogP contribution in [0.3, 0.4) is 0 Å². The van der Waals surface area contributed by atoms with Gasteiger partial charge in [0.15, 0.2) is 0 Å². The molecule has 0 unspecified atom stereocenters. The van der Waals surface area contributed by atoms with Crippen molar-refractivity contribution in [2.24, 2.45) is 5.92 Å². The summed E-state index contributed by atoms with van der Waals surface area (Å²) in [5.41, 5.74) is 0.879. The predicted molar refractivity (Wildman–Crippen MR) is 79.7 cm³/mol. The number of phenols is 1. The summed E-state index contributed by atoms with van der Waals surface area (Å²) in [5.74, 6) is 1.08. The maximum atomic E-state index is 12.2.